The van der Waals surface area contributed by atoms with Gasteiger partial charge in [0.25, 0.3) is 11.8 Å². The summed E-state index contributed by atoms with van der Waals surface area (Å²) in [6, 6.07) is 5.14. The Morgan fingerprint density at radius 1 is 1.35 bits per heavy atom. The summed E-state index contributed by atoms with van der Waals surface area (Å²) >= 11 is 7.07. The SMILES string of the molecule is Cc1nc([C@H](C)NC(=O)c2cc(Cl)cc(S(C)(=O)=O)c2)n(-c2ncc(C(=O)N(C)CC#N)s2)n1. The molecule has 0 saturated heterocycles. The lowest BCUT2D eigenvalue weighted by atomic mass is 10.2. The molecule has 11 nitrogen and oxygen atoms in total. The van der Waals surface area contributed by atoms with Crippen LogP contribution >= 0.6 is 22.9 Å². The molecule has 3 aromatic rings. The molecule has 0 saturated carbocycles. The fourth-order valence-electron chi connectivity index (χ4n) is 2.93. The minimum absolute atomic E-state index is 0.0621. The molecule has 34 heavy (non-hydrogen) atoms. The number of aromatic nitrogens is 4. The molecule has 178 valence electrons. The highest BCUT2D eigenvalue weighted by Crippen LogP contribution is 2.23. The predicted octanol–water partition coefficient (Wildman–Crippen LogP) is 2.18. The van der Waals surface area contributed by atoms with Gasteiger partial charge in [0, 0.05) is 23.9 Å². The number of carbonyl (C=O) groups excluding carboxylic acids is 2. The van der Waals surface area contributed by atoms with Gasteiger partial charge >= 0.3 is 0 Å². The lowest BCUT2D eigenvalue weighted by molar-refractivity contribution is 0.0816. The first-order chi connectivity index (χ1) is 15.9. The van der Waals surface area contributed by atoms with E-state index in [9.17, 15) is 18.0 Å². The molecule has 0 aliphatic carbocycles. The van der Waals surface area contributed by atoms with Crippen molar-refractivity contribution in [3.05, 3.63) is 51.5 Å². The quantitative estimate of drug-likeness (QED) is 0.464. The number of aryl methyl sites for hydroxylation is 1. The molecule has 2 aromatic heterocycles. The Labute approximate surface area is 204 Å². The summed E-state index contributed by atoms with van der Waals surface area (Å²) in [6.45, 7) is 3.29. The van der Waals surface area contributed by atoms with Crippen molar-refractivity contribution >= 4 is 44.6 Å². The van der Waals surface area contributed by atoms with Crippen molar-refractivity contribution in [3.8, 4) is 11.2 Å². The predicted molar refractivity (Wildman–Crippen MR) is 125 cm³/mol. The Kier molecular flexibility index (Phi) is 7.35. The second-order valence-corrected chi connectivity index (χ2v) is 10.9. The smallest absolute Gasteiger partial charge is 0.266 e. The molecule has 0 aliphatic heterocycles. The maximum absolute atomic E-state index is 12.8. The van der Waals surface area contributed by atoms with Gasteiger partial charge in [0.1, 0.15) is 17.2 Å². The van der Waals surface area contributed by atoms with Crippen LogP contribution < -0.4 is 5.32 Å². The monoisotopic (exact) mass is 521 g/mol. The first-order valence-corrected chi connectivity index (χ1v) is 12.8. The molecule has 14 heteroatoms. The number of hydrogen-bond donors (Lipinski definition) is 1. The van der Waals surface area contributed by atoms with E-state index in [0.29, 0.717) is 21.7 Å². The summed E-state index contributed by atoms with van der Waals surface area (Å²) in [6.07, 6.45) is 2.41. The van der Waals surface area contributed by atoms with Gasteiger partial charge in [-0.15, -0.1) is 5.10 Å². The zero-order chi connectivity index (χ0) is 25.2. The van der Waals surface area contributed by atoms with Crippen molar-refractivity contribution in [1.29, 1.82) is 5.26 Å². The average Bonchev–Trinajstić information content (AvgIpc) is 3.39. The largest absolute Gasteiger partial charge is 0.342 e. The van der Waals surface area contributed by atoms with Crippen LogP contribution in [0.5, 0.6) is 0 Å². The van der Waals surface area contributed by atoms with Gasteiger partial charge in [-0.3, -0.25) is 9.59 Å². The van der Waals surface area contributed by atoms with Gasteiger partial charge in [-0.1, -0.05) is 22.9 Å². The van der Waals surface area contributed by atoms with Gasteiger partial charge < -0.3 is 10.2 Å². The van der Waals surface area contributed by atoms with Crippen LogP contribution in [0.25, 0.3) is 5.13 Å². The molecule has 0 bridgehead atoms. The number of benzene rings is 1. The number of carbonyl (C=O) groups is 2. The number of nitrogens with one attached hydrogen (secondary N) is 1. The van der Waals surface area contributed by atoms with E-state index in [1.807, 2.05) is 6.07 Å². The Bertz CT molecular complexity index is 1410. The van der Waals surface area contributed by atoms with E-state index in [4.69, 9.17) is 16.9 Å². The minimum atomic E-state index is -3.56. The maximum Gasteiger partial charge on any atom is 0.266 e. The lowest BCUT2D eigenvalue weighted by Crippen LogP contribution is -2.29. The number of amides is 2. The summed E-state index contributed by atoms with van der Waals surface area (Å²) in [5, 5.41) is 16.3. The fourth-order valence-corrected chi connectivity index (χ4v) is 4.79. The van der Waals surface area contributed by atoms with Crippen molar-refractivity contribution in [1.82, 2.24) is 30.0 Å². The topological polar surface area (TPSA) is 151 Å². The summed E-state index contributed by atoms with van der Waals surface area (Å²) in [5.74, 6) is -0.134. The Morgan fingerprint density at radius 3 is 2.71 bits per heavy atom. The molecule has 0 aliphatic rings. The highest BCUT2D eigenvalue weighted by atomic mass is 35.5. The molecule has 2 amide bonds. The zero-order valence-electron chi connectivity index (χ0n) is 18.6. The number of hydrogen-bond acceptors (Lipinski definition) is 9. The third-order valence-corrected chi connectivity index (χ3v) is 6.85. The standard InChI is InChI=1S/C20H20ClN7O4S2/c1-11(24-18(29)13-7-14(21)9-15(8-13)34(4,31)32)17-25-12(2)26-28(17)20-23-10-16(33-20)19(30)27(3)6-5-22/h7-11H,6H2,1-4H3,(H,24,29)/t11-/m0/s1. The van der Waals surface area contributed by atoms with E-state index in [0.717, 1.165) is 17.6 Å². The summed E-state index contributed by atoms with van der Waals surface area (Å²) < 4.78 is 25.2. The average molecular weight is 522 g/mol. The van der Waals surface area contributed by atoms with Gasteiger partial charge in [-0.25, -0.2) is 18.4 Å². The molecule has 3 rings (SSSR count). The molecule has 2 heterocycles. The third-order valence-electron chi connectivity index (χ3n) is 4.57. The first-order valence-electron chi connectivity index (χ1n) is 9.74. The van der Waals surface area contributed by atoms with Crippen LogP contribution in [0.15, 0.2) is 29.3 Å². The highest BCUT2D eigenvalue weighted by Gasteiger charge is 2.23. The molecule has 1 aromatic carbocycles. The van der Waals surface area contributed by atoms with Crippen molar-refractivity contribution in [2.24, 2.45) is 0 Å². The van der Waals surface area contributed by atoms with E-state index in [-0.39, 0.29) is 27.9 Å². The summed E-state index contributed by atoms with van der Waals surface area (Å²) in [7, 11) is -2.05. The van der Waals surface area contributed by atoms with Crippen LogP contribution in [0.1, 0.15) is 44.6 Å². The van der Waals surface area contributed by atoms with Crippen LogP contribution in [-0.2, 0) is 9.84 Å². The molecule has 1 atom stereocenters. The van der Waals surface area contributed by atoms with Crippen molar-refractivity contribution in [2.45, 2.75) is 24.8 Å². The van der Waals surface area contributed by atoms with Crippen molar-refractivity contribution in [3.63, 3.8) is 0 Å². The van der Waals surface area contributed by atoms with Crippen LogP contribution in [0.4, 0.5) is 0 Å². The van der Waals surface area contributed by atoms with Crippen LogP contribution in [-0.4, -0.2) is 64.7 Å². The zero-order valence-corrected chi connectivity index (χ0v) is 21.0. The van der Waals surface area contributed by atoms with Crippen LogP contribution in [0, 0.1) is 18.3 Å². The number of sulfone groups is 1. The van der Waals surface area contributed by atoms with Crippen molar-refractivity contribution in [2.75, 3.05) is 19.8 Å². The Balaban J connectivity index is 1.87. The van der Waals surface area contributed by atoms with E-state index in [1.54, 1.807) is 13.8 Å². The molecular formula is C20H20ClN7O4S2. The Morgan fingerprint density at radius 2 is 2.06 bits per heavy atom. The van der Waals surface area contributed by atoms with Crippen LogP contribution in [0.2, 0.25) is 5.02 Å². The molecule has 0 fully saturated rings. The lowest BCUT2D eigenvalue weighted by Gasteiger charge is -2.14. The van der Waals surface area contributed by atoms with E-state index < -0.39 is 21.8 Å². The number of nitriles is 1. The van der Waals surface area contributed by atoms with Crippen LogP contribution in [0.3, 0.4) is 0 Å². The summed E-state index contributed by atoms with van der Waals surface area (Å²) in [5.41, 5.74) is 0.0743. The van der Waals surface area contributed by atoms with Gasteiger partial charge in [0.15, 0.2) is 15.7 Å². The summed E-state index contributed by atoms with van der Waals surface area (Å²) in [4.78, 5) is 35.4. The number of thiazole rings is 1. The Hall–Kier alpha value is -3.34. The minimum Gasteiger partial charge on any atom is -0.342 e. The van der Waals surface area contributed by atoms with E-state index >= 15 is 0 Å². The maximum atomic E-state index is 12.8. The van der Waals surface area contributed by atoms with E-state index in [1.165, 1.54) is 41.0 Å². The first kappa shape index (κ1) is 25.3. The molecule has 1 N–H and O–H groups in total. The molecular weight excluding hydrogens is 502 g/mol. The molecule has 0 radical (unpaired) electrons. The van der Waals surface area contributed by atoms with Crippen molar-refractivity contribution < 1.29 is 18.0 Å². The highest BCUT2D eigenvalue weighted by molar-refractivity contribution is 7.90. The second kappa shape index (κ2) is 9.88. The number of halogens is 1. The van der Waals surface area contributed by atoms with E-state index in [2.05, 4.69) is 20.4 Å². The fraction of sp³-hybridized carbons (Fsp3) is 0.300. The number of rotatable bonds is 7. The number of nitrogens with zero attached hydrogens (tertiary/aromatic N) is 6. The van der Waals surface area contributed by atoms with Gasteiger partial charge in [0.2, 0.25) is 5.13 Å². The van der Waals surface area contributed by atoms with Gasteiger partial charge in [0.05, 0.1) is 23.2 Å². The normalized spacial score (nSPS) is 12.1. The van der Waals surface area contributed by atoms with Gasteiger partial charge in [-0.2, -0.15) is 9.94 Å². The molecule has 0 spiro atoms. The third kappa shape index (κ3) is 5.58. The second-order valence-electron chi connectivity index (χ2n) is 7.40. The molecule has 0 unspecified atom stereocenters. The van der Waals surface area contributed by atoms with Gasteiger partial charge in [-0.05, 0) is 32.0 Å².